The van der Waals surface area contributed by atoms with Gasteiger partial charge in [0.2, 0.25) is 0 Å². The average Bonchev–Trinajstić information content (AvgIpc) is 3.62. The van der Waals surface area contributed by atoms with Gasteiger partial charge >= 0.3 is 0 Å². The molecule has 0 N–H and O–H groups in total. The van der Waals surface area contributed by atoms with E-state index in [1.165, 1.54) is 81.0 Å². The standard InChI is InChI=1S/C39H27NS/c1-39(2)33-21-25(24-11-5-3-6-12-24)17-18-27(33)29-19-20-30-32-22-31-28-15-9-10-16-34(28)40(26-13-7-4-8-14-26)35(31)23-36(32)41-38(30)37(29)39/h3-23H,1-2H3. The number of hydrogen-bond acceptors (Lipinski definition) is 1. The molecule has 0 fully saturated rings. The van der Waals surface area contributed by atoms with Crippen LogP contribution in [-0.4, -0.2) is 4.57 Å². The van der Waals surface area contributed by atoms with Gasteiger partial charge in [0.25, 0.3) is 0 Å². The van der Waals surface area contributed by atoms with Crippen molar-refractivity contribution in [2.24, 2.45) is 0 Å². The zero-order chi connectivity index (χ0) is 27.3. The molecule has 6 aromatic carbocycles. The van der Waals surface area contributed by atoms with Crippen molar-refractivity contribution in [1.29, 1.82) is 0 Å². The van der Waals surface area contributed by atoms with E-state index < -0.39 is 0 Å². The monoisotopic (exact) mass is 541 g/mol. The lowest BCUT2D eigenvalue weighted by atomic mass is 9.81. The first-order chi connectivity index (χ1) is 20.1. The quantitative estimate of drug-likeness (QED) is 0.205. The molecule has 2 aromatic heterocycles. The highest BCUT2D eigenvalue weighted by Crippen LogP contribution is 2.55. The maximum absolute atomic E-state index is 2.44. The Morgan fingerprint density at radius 1 is 0.537 bits per heavy atom. The zero-order valence-electron chi connectivity index (χ0n) is 23.0. The molecule has 1 nitrogen and oxygen atoms in total. The molecule has 9 rings (SSSR count). The SMILES string of the molecule is CC1(C)c2cc(-c3ccccc3)ccc2-c2ccc3c(sc4cc5c(cc43)c3ccccc3n5-c3ccccc3)c21. The van der Waals surface area contributed by atoms with Crippen LogP contribution in [0.2, 0.25) is 0 Å². The van der Waals surface area contributed by atoms with Crippen molar-refractivity contribution in [2.45, 2.75) is 19.3 Å². The van der Waals surface area contributed by atoms with Crippen LogP contribution < -0.4 is 0 Å². The Balaban J connectivity index is 1.31. The molecule has 1 aliphatic rings. The molecule has 0 saturated heterocycles. The third-order valence-electron chi connectivity index (χ3n) is 9.16. The van der Waals surface area contributed by atoms with Crippen LogP contribution in [0.3, 0.4) is 0 Å². The van der Waals surface area contributed by atoms with Crippen molar-refractivity contribution < 1.29 is 0 Å². The number of rotatable bonds is 2. The molecule has 41 heavy (non-hydrogen) atoms. The number of thiophene rings is 1. The van der Waals surface area contributed by atoms with E-state index in [-0.39, 0.29) is 5.41 Å². The van der Waals surface area contributed by atoms with E-state index in [9.17, 15) is 0 Å². The maximum atomic E-state index is 2.44. The smallest absolute Gasteiger partial charge is 0.0555 e. The number of nitrogens with zero attached hydrogens (tertiary/aromatic N) is 1. The van der Waals surface area contributed by atoms with Gasteiger partial charge in [-0.05, 0) is 69.8 Å². The highest BCUT2D eigenvalue weighted by atomic mass is 32.1. The molecule has 0 bridgehead atoms. The lowest BCUT2D eigenvalue weighted by Crippen LogP contribution is -2.15. The molecule has 2 heterocycles. The number of fused-ring (bicyclic) bond motifs is 10. The highest BCUT2D eigenvalue weighted by Gasteiger charge is 2.38. The fourth-order valence-corrected chi connectivity index (χ4v) is 8.67. The predicted molar refractivity (Wildman–Crippen MR) is 177 cm³/mol. The van der Waals surface area contributed by atoms with Crippen molar-refractivity contribution in [3.63, 3.8) is 0 Å². The summed E-state index contributed by atoms with van der Waals surface area (Å²) >= 11 is 1.96. The first-order valence-electron chi connectivity index (χ1n) is 14.3. The summed E-state index contributed by atoms with van der Waals surface area (Å²) in [6.07, 6.45) is 0. The van der Waals surface area contributed by atoms with Gasteiger partial charge in [0.1, 0.15) is 0 Å². The number of benzene rings is 6. The van der Waals surface area contributed by atoms with Crippen LogP contribution in [0.4, 0.5) is 0 Å². The Kier molecular flexibility index (Phi) is 4.61. The summed E-state index contributed by atoms with van der Waals surface area (Å²) in [6.45, 7) is 4.81. The van der Waals surface area contributed by atoms with Gasteiger partial charge in [0, 0.05) is 42.0 Å². The van der Waals surface area contributed by atoms with Gasteiger partial charge < -0.3 is 4.57 Å². The summed E-state index contributed by atoms with van der Waals surface area (Å²) in [5, 5.41) is 5.33. The predicted octanol–water partition coefficient (Wildman–Crippen LogP) is 11.1. The van der Waals surface area contributed by atoms with Gasteiger partial charge in [-0.2, -0.15) is 0 Å². The summed E-state index contributed by atoms with van der Waals surface area (Å²) in [7, 11) is 0. The highest BCUT2D eigenvalue weighted by molar-refractivity contribution is 7.26. The second-order valence-electron chi connectivity index (χ2n) is 11.8. The van der Waals surface area contributed by atoms with Gasteiger partial charge in [-0.1, -0.05) is 105 Å². The summed E-state index contributed by atoms with van der Waals surface area (Å²) in [4.78, 5) is 0. The average molecular weight is 542 g/mol. The van der Waals surface area contributed by atoms with Crippen LogP contribution in [0, 0.1) is 0 Å². The minimum absolute atomic E-state index is 0.0821. The van der Waals surface area contributed by atoms with E-state index >= 15 is 0 Å². The van der Waals surface area contributed by atoms with Crippen LogP contribution in [0.15, 0.2) is 127 Å². The van der Waals surface area contributed by atoms with Crippen molar-refractivity contribution in [3.8, 4) is 27.9 Å². The largest absolute Gasteiger partial charge is 0.309 e. The topological polar surface area (TPSA) is 4.93 Å². The van der Waals surface area contributed by atoms with Crippen molar-refractivity contribution in [1.82, 2.24) is 4.57 Å². The van der Waals surface area contributed by atoms with E-state index in [0.29, 0.717) is 0 Å². The number of aromatic nitrogens is 1. The molecule has 194 valence electrons. The van der Waals surface area contributed by atoms with Gasteiger partial charge in [-0.3, -0.25) is 0 Å². The molecular weight excluding hydrogens is 515 g/mol. The van der Waals surface area contributed by atoms with Crippen LogP contribution >= 0.6 is 11.3 Å². The molecule has 0 aliphatic heterocycles. The molecule has 8 aromatic rings. The van der Waals surface area contributed by atoms with Crippen LogP contribution in [-0.2, 0) is 5.41 Å². The Bertz CT molecular complexity index is 2320. The summed E-state index contributed by atoms with van der Waals surface area (Å²) < 4.78 is 5.19. The molecular formula is C39H27NS. The molecule has 0 atom stereocenters. The normalized spacial score (nSPS) is 13.8. The Morgan fingerprint density at radius 3 is 2.10 bits per heavy atom. The Labute approximate surface area is 242 Å². The second-order valence-corrected chi connectivity index (χ2v) is 12.8. The molecule has 1 aliphatic carbocycles. The lowest BCUT2D eigenvalue weighted by Gasteiger charge is -2.22. The minimum atomic E-state index is -0.0821. The van der Waals surface area contributed by atoms with E-state index in [1.807, 2.05) is 11.3 Å². The van der Waals surface area contributed by atoms with E-state index in [4.69, 9.17) is 0 Å². The number of hydrogen-bond donors (Lipinski definition) is 0. The third kappa shape index (κ3) is 3.11. The first kappa shape index (κ1) is 23.1. The molecule has 0 spiro atoms. The fraction of sp³-hybridized carbons (Fsp3) is 0.0769. The second kappa shape index (κ2) is 8.19. The zero-order valence-corrected chi connectivity index (χ0v) is 23.8. The molecule has 2 heteroatoms. The summed E-state index contributed by atoms with van der Waals surface area (Å²) in [5.74, 6) is 0. The maximum Gasteiger partial charge on any atom is 0.0555 e. The van der Waals surface area contributed by atoms with Crippen molar-refractivity contribution >= 4 is 53.3 Å². The molecule has 0 radical (unpaired) electrons. The van der Waals surface area contributed by atoms with E-state index in [1.54, 1.807) is 0 Å². The van der Waals surface area contributed by atoms with Crippen molar-refractivity contribution in [2.75, 3.05) is 0 Å². The van der Waals surface area contributed by atoms with Gasteiger partial charge in [0.15, 0.2) is 0 Å². The lowest BCUT2D eigenvalue weighted by molar-refractivity contribution is 0.667. The first-order valence-corrected chi connectivity index (χ1v) is 15.1. The Hall–Kier alpha value is -4.66. The molecule has 0 saturated carbocycles. The minimum Gasteiger partial charge on any atom is -0.309 e. The van der Waals surface area contributed by atoms with Crippen LogP contribution in [0.25, 0.3) is 69.9 Å². The fourth-order valence-electron chi connectivity index (χ4n) is 7.24. The van der Waals surface area contributed by atoms with Gasteiger partial charge in [-0.15, -0.1) is 11.3 Å². The van der Waals surface area contributed by atoms with Crippen LogP contribution in [0.5, 0.6) is 0 Å². The number of para-hydroxylation sites is 2. The van der Waals surface area contributed by atoms with Crippen molar-refractivity contribution in [3.05, 3.63) is 139 Å². The summed E-state index contributed by atoms with van der Waals surface area (Å²) in [6, 6.07) is 47.0. The molecule has 0 unspecified atom stereocenters. The summed E-state index contributed by atoms with van der Waals surface area (Å²) in [5.41, 5.74) is 11.8. The van der Waals surface area contributed by atoms with Gasteiger partial charge in [0.05, 0.1) is 11.0 Å². The van der Waals surface area contributed by atoms with E-state index in [2.05, 4.69) is 146 Å². The van der Waals surface area contributed by atoms with Crippen LogP contribution in [0.1, 0.15) is 25.0 Å². The van der Waals surface area contributed by atoms with Gasteiger partial charge in [-0.25, -0.2) is 0 Å². The Morgan fingerprint density at radius 2 is 1.27 bits per heavy atom. The molecule has 0 amide bonds. The van der Waals surface area contributed by atoms with E-state index in [0.717, 1.165) is 0 Å². The third-order valence-corrected chi connectivity index (χ3v) is 10.3.